The number of amides is 1. The Morgan fingerprint density at radius 1 is 1.39 bits per heavy atom. The maximum Gasteiger partial charge on any atom is 0.232 e. The van der Waals surface area contributed by atoms with E-state index in [1.54, 1.807) is 25.1 Å². The number of sulfonamides is 1. The fourth-order valence-electron chi connectivity index (χ4n) is 2.23. The number of benzene rings is 1. The first-order valence-corrected chi connectivity index (χ1v) is 9.10. The first kappa shape index (κ1) is 19.7. The van der Waals surface area contributed by atoms with E-state index in [4.69, 9.17) is 0 Å². The Kier molecular flexibility index (Phi) is 6.85. The average Bonchev–Trinajstić information content (AvgIpc) is 2.40. The van der Waals surface area contributed by atoms with E-state index in [0.717, 1.165) is 18.7 Å². The number of hydrogen-bond acceptors (Lipinski definition) is 4. The van der Waals surface area contributed by atoms with Gasteiger partial charge in [-0.1, -0.05) is 6.92 Å². The van der Waals surface area contributed by atoms with Crippen molar-refractivity contribution in [1.29, 1.82) is 0 Å². The van der Waals surface area contributed by atoms with Crippen molar-refractivity contribution in [3.8, 4) is 0 Å². The third-order valence-corrected chi connectivity index (χ3v) is 5.36. The zero-order valence-corrected chi connectivity index (χ0v) is 15.2. The minimum Gasteiger partial charge on any atom is -0.326 e. The van der Waals surface area contributed by atoms with Gasteiger partial charge in [0.05, 0.1) is 11.4 Å². The number of nitrogens with one attached hydrogen (secondary N) is 3. The number of rotatable bonds is 6. The van der Waals surface area contributed by atoms with Crippen LogP contribution in [0.15, 0.2) is 18.2 Å². The summed E-state index contributed by atoms with van der Waals surface area (Å²) in [6, 6.07) is 5.16. The molecule has 1 amide bonds. The lowest BCUT2D eigenvalue weighted by Crippen LogP contribution is -2.48. The Morgan fingerprint density at radius 3 is 2.52 bits per heavy atom. The van der Waals surface area contributed by atoms with Gasteiger partial charge >= 0.3 is 0 Å². The molecule has 0 spiro atoms. The van der Waals surface area contributed by atoms with Crippen molar-refractivity contribution in [2.24, 2.45) is 11.8 Å². The molecule has 1 unspecified atom stereocenters. The van der Waals surface area contributed by atoms with Gasteiger partial charge in [0.25, 0.3) is 0 Å². The van der Waals surface area contributed by atoms with Crippen LogP contribution in [0.2, 0.25) is 0 Å². The van der Waals surface area contributed by atoms with Crippen LogP contribution >= 0.6 is 12.4 Å². The van der Waals surface area contributed by atoms with Gasteiger partial charge in [0.1, 0.15) is 0 Å². The molecule has 23 heavy (non-hydrogen) atoms. The fraction of sp³-hybridized carbons (Fsp3) is 0.533. The van der Waals surface area contributed by atoms with Crippen molar-refractivity contribution in [3.05, 3.63) is 23.8 Å². The van der Waals surface area contributed by atoms with E-state index in [0.29, 0.717) is 17.3 Å². The van der Waals surface area contributed by atoms with Crippen LogP contribution in [0.25, 0.3) is 0 Å². The molecule has 0 saturated carbocycles. The van der Waals surface area contributed by atoms with Crippen LogP contribution in [-0.4, -0.2) is 33.2 Å². The Morgan fingerprint density at radius 2 is 2.04 bits per heavy atom. The summed E-state index contributed by atoms with van der Waals surface area (Å²) < 4.78 is 25.7. The first-order valence-electron chi connectivity index (χ1n) is 7.45. The number of halogens is 1. The minimum atomic E-state index is -3.30. The number of aryl methyl sites for hydroxylation is 1. The smallest absolute Gasteiger partial charge is 0.232 e. The highest BCUT2D eigenvalue weighted by atomic mass is 35.5. The highest BCUT2D eigenvalue weighted by Crippen LogP contribution is 2.23. The Labute approximate surface area is 143 Å². The zero-order valence-electron chi connectivity index (χ0n) is 13.5. The molecule has 6 nitrogen and oxygen atoms in total. The Hall–Kier alpha value is -1.31. The molecular weight excluding hydrogens is 338 g/mol. The van der Waals surface area contributed by atoms with Crippen molar-refractivity contribution in [3.63, 3.8) is 0 Å². The molecule has 3 N–H and O–H groups in total. The van der Waals surface area contributed by atoms with Crippen molar-refractivity contribution in [2.75, 3.05) is 28.9 Å². The molecule has 0 aliphatic carbocycles. The van der Waals surface area contributed by atoms with Crippen LogP contribution in [0.1, 0.15) is 19.4 Å². The average molecular weight is 362 g/mol. The van der Waals surface area contributed by atoms with Gasteiger partial charge in [-0.25, -0.2) is 8.42 Å². The molecule has 130 valence electrons. The second-order valence-corrected chi connectivity index (χ2v) is 7.74. The molecule has 1 fully saturated rings. The summed E-state index contributed by atoms with van der Waals surface area (Å²) in [7, 11) is -3.30. The van der Waals surface area contributed by atoms with Crippen LogP contribution in [0.3, 0.4) is 0 Å². The molecule has 0 bridgehead atoms. The summed E-state index contributed by atoms with van der Waals surface area (Å²) in [4.78, 5) is 12.2. The molecule has 1 heterocycles. The summed E-state index contributed by atoms with van der Waals surface area (Å²) in [6.45, 7) is 7.08. The van der Waals surface area contributed by atoms with Crippen molar-refractivity contribution < 1.29 is 13.2 Å². The second-order valence-electron chi connectivity index (χ2n) is 5.73. The van der Waals surface area contributed by atoms with E-state index in [2.05, 4.69) is 15.4 Å². The number of hydrogen-bond donors (Lipinski definition) is 3. The third kappa shape index (κ3) is 5.09. The molecule has 1 atom stereocenters. The van der Waals surface area contributed by atoms with Gasteiger partial charge in [-0.15, -0.1) is 12.4 Å². The number of anilines is 2. The van der Waals surface area contributed by atoms with Crippen LogP contribution in [0, 0.1) is 18.8 Å². The summed E-state index contributed by atoms with van der Waals surface area (Å²) >= 11 is 0. The van der Waals surface area contributed by atoms with Crippen LogP contribution < -0.4 is 15.4 Å². The largest absolute Gasteiger partial charge is 0.326 e. The van der Waals surface area contributed by atoms with Crippen LogP contribution in [0.5, 0.6) is 0 Å². The SMILES string of the molecule is CCS(=O)(=O)Nc1ccc(NC(=O)C(C)C2CNC2)cc1C.Cl. The van der Waals surface area contributed by atoms with Crippen LogP contribution in [-0.2, 0) is 14.8 Å². The highest BCUT2D eigenvalue weighted by Gasteiger charge is 2.28. The summed E-state index contributed by atoms with van der Waals surface area (Å²) in [6.07, 6.45) is 0. The van der Waals surface area contributed by atoms with E-state index in [9.17, 15) is 13.2 Å². The maximum atomic E-state index is 12.2. The van der Waals surface area contributed by atoms with Crippen LogP contribution in [0.4, 0.5) is 11.4 Å². The molecule has 1 aliphatic rings. The number of carbonyl (C=O) groups is 1. The first-order chi connectivity index (χ1) is 10.3. The minimum absolute atomic E-state index is 0. The predicted molar refractivity (Wildman–Crippen MR) is 95.7 cm³/mol. The topological polar surface area (TPSA) is 87.3 Å². The molecule has 0 aromatic heterocycles. The molecule has 2 rings (SSSR count). The van der Waals surface area contributed by atoms with Gasteiger partial charge in [0, 0.05) is 11.6 Å². The van der Waals surface area contributed by atoms with E-state index in [1.165, 1.54) is 0 Å². The van der Waals surface area contributed by atoms with Gasteiger partial charge in [0.15, 0.2) is 0 Å². The Balaban J connectivity index is 0.00000264. The summed E-state index contributed by atoms with van der Waals surface area (Å²) in [5, 5.41) is 6.05. The van der Waals surface area contributed by atoms with Crippen molar-refractivity contribution in [2.45, 2.75) is 20.8 Å². The van der Waals surface area contributed by atoms with Gasteiger partial charge in [-0.2, -0.15) is 0 Å². The van der Waals surface area contributed by atoms with E-state index < -0.39 is 10.0 Å². The molecule has 1 saturated heterocycles. The monoisotopic (exact) mass is 361 g/mol. The van der Waals surface area contributed by atoms with Gasteiger partial charge in [0.2, 0.25) is 15.9 Å². The summed E-state index contributed by atoms with van der Waals surface area (Å²) in [5.41, 5.74) is 1.99. The molecule has 8 heteroatoms. The van der Waals surface area contributed by atoms with Gasteiger partial charge in [-0.05, 0) is 56.6 Å². The third-order valence-electron chi connectivity index (χ3n) is 4.07. The summed E-state index contributed by atoms with van der Waals surface area (Å²) in [5.74, 6) is 0.363. The quantitative estimate of drug-likeness (QED) is 0.723. The van der Waals surface area contributed by atoms with Crippen molar-refractivity contribution in [1.82, 2.24) is 5.32 Å². The lowest BCUT2D eigenvalue weighted by atomic mass is 9.88. The fourth-order valence-corrected chi connectivity index (χ4v) is 2.94. The Bertz CT molecular complexity index is 660. The van der Waals surface area contributed by atoms with E-state index >= 15 is 0 Å². The normalized spacial score (nSPS) is 16.0. The maximum absolute atomic E-state index is 12.2. The zero-order chi connectivity index (χ0) is 16.3. The lowest BCUT2D eigenvalue weighted by Gasteiger charge is -2.31. The number of carbonyl (C=O) groups excluding carboxylic acids is 1. The lowest BCUT2D eigenvalue weighted by molar-refractivity contribution is -0.121. The van der Waals surface area contributed by atoms with E-state index in [-0.39, 0.29) is 30.0 Å². The molecule has 0 radical (unpaired) electrons. The standard InChI is InChI=1S/C15H23N3O3S.ClH/c1-4-22(20,21)18-14-6-5-13(7-10(14)2)17-15(19)11(3)12-8-16-9-12;/h5-7,11-12,16,18H,4,8-9H2,1-3H3,(H,17,19);1H. The van der Waals surface area contributed by atoms with E-state index in [1.807, 2.05) is 13.8 Å². The second kappa shape index (κ2) is 7.99. The van der Waals surface area contributed by atoms with Crippen molar-refractivity contribution >= 4 is 39.7 Å². The molecule has 1 aliphatic heterocycles. The van der Waals surface area contributed by atoms with Gasteiger partial charge in [-0.3, -0.25) is 9.52 Å². The predicted octanol–water partition coefficient (Wildman–Crippen LogP) is 1.97. The highest BCUT2D eigenvalue weighted by molar-refractivity contribution is 7.92. The van der Waals surface area contributed by atoms with Gasteiger partial charge < -0.3 is 10.6 Å². The molecule has 1 aromatic carbocycles. The molecule has 1 aromatic rings. The molecular formula is C15H24ClN3O3S.